The third kappa shape index (κ3) is 3.85. The lowest BCUT2D eigenvalue weighted by molar-refractivity contribution is 0.0996. The predicted octanol–water partition coefficient (Wildman–Crippen LogP) is 2.62. The fourth-order valence-electron chi connectivity index (χ4n) is 1.64. The summed E-state index contributed by atoms with van der Waals surface area (Å²) in [4.78, 5) is 16.0. The van der Waals surface area contributed by atoms with E-state index in [0.717, 1.165) is 0 Å². The van der Waals surface area contributed by atoms with Gasteiger partial charge in [0, 0.05) is 17.0 Å². The van der Waals surface area contributed by atoms with E-state index < -0.39 is 5.91 Å². The molecule has 0 radical (unpaired) electrons. The molecule has 0 unspecified atom stereocenters. The van der Waals surface area contributed by atoms with Gasteiger partial charge in [-0.3, -0.25) is 4.79 Å². The van der Waals surface area contributed by atoms with Crippen LogP contribution in [-0.4, -0.2) is 22.6 Å². The zero-order valence-corrected chi connectivity index (χ0v) is 12.1. The normalized spacial score (nSPS) is 9.86. The average molecular weight is 305 g/mol. The highest BCUT2D eigenvalue weighted by molar-refractivity contribution is 6.30. The molecule has 1 aromatic carbocycles. The van der Waals surface area contributed by atoms with Gasteiger partial charge in [0.2, 0.25) is 5.76 Å². The van der Waals surface area contributed by atoms with E-state index in [1.54, 1.807) is 25.1 Å². The quantitative estimate of drug-likeness (QED) is 0.855. The molecule has 0 fully saturated rings. The van der Waals surface area contributed by atoms with E-state index in [2.05, 4.69) is 22.1 Å². The molecule has 1 heterocycles. The Morgan fingerprint density at radius 3 is 3.00 bits per heavy atom. The van der Waals surface area contributed by atoms with E-state index >= 15 is 0 Å². The molecule has 5 nitrogen and oxygen atoms in total. The molecule has 2 aromatic rings. The molecule has 0 spiro atoms. The lowest BCUT2D eigenvalue weighted by atomic mass is 10.1. The first-order valence-corrected chi connectivity index (χ1v) is 6.60. The molecule has 0 aliphatic heterocycles. The number of amides is 1. The van der Waals surface area contributed by atoms with E-state index in [4.69, 9.17) is 21.1 Å². The molecule has 21 heavy (non-hydrogen) atoms. The Bertz CT molecular complexity index is 713. The number of aryl methyl sites for hydroxylation is 1. The van der Waals surface area contributed by atoms with Gasteiger partial charge in [0.15, 0.2) is 6.39 Å². The predicted molar refractivity (Wildman–Crippen MR) is 79.2 cm³/mol. The van der Waals surface area contributed by atoms with Crippen molar-refractivity contribution in [3.05, 3.63) is 46.6 Å². The Labute approximate surface area is 127 Å². The largest absolute Gasteiger partial charge is 0.438 e. The second-order valence-electron chi connectivity index (χ2n) is 4.19. The van der Waals surface area contributed by atoms with Gasteiger partial charge < -0.3 is 14.8 Å². The van der Waals surface area contributed by atoms with Gasteiger partial charge in [-0.1, -0.05) is 23.4 Å². The van der Waals surface area contributed by atoms with E-state index in [-0.39, 0.29) is 12.4 Å². The monoisotopic (exact) mass is 304 g/mol. The lowest BCUT2D eigenvalue weighted by Gasteiger charge is -2.06. The highest BCUT2D eigenvalue weighted by Crippen LogP contribution is 2.21. The third-order valence-electron chi connectivity index (χ3n) is 2.64. The van der Waals surface area contributed by atoms with Crippen LogP contribution in [0, 0.1) is 18.8 Å². The number of nitrogens with one attached hydrogen (secondary N) is 1. The second kappa shape index (κ2) is 6.93. The van der Waals surface area contributed by atoms with Crippen molar-refractivity contribution in [1.82, 2.24) is 4.98 Å². The number of carbonyl (C=O) groups excluding carboxylic acids is 1. The van der Waals surface area contributed by atoms with E-state index in [0.29, 0.717) is 28.4 Å². The van der Waals surface area contributed by atoms with Gasteiger partial charge in [-0.15, -0.1) is 0 Å². The first-order valence-electron chi connectivity index (χ1n) is 6.22. The number of nitrogens with zero attached hydrogens (tertiary/aromatic N) is 1. The van der Waals surface area contributed by atoms with Crippen molar-refractivity contribution >= 4 is 23.2 Å². The molecule has 0 bridgehead atoms. The van der Waals surface area contributed by atoms with Crippen molar-refractivity contribution in [2.75, 3.05) is 11.9 Å². The van der Waals surface area contributed by atoms with Crippen LogP contribution in [0.15, 0.2) is 29.0 Å². The summed E-state index contributed by atoms with van der Waals surface area (Å²) in [5.74, 6) is 5.40. The van der Waals surface area contributed by atoms with Gasteiger partial charge in [-0.25, -0.2) is 4.98 Å². The van der Waals surface area contributed by atoms with Gasteiger partial charge in [0.1, 0.15) is 0 Å². The number of halogens is 1. The van der Waals surface area contributed by atoms with Crippen LogP contribution in [0.25, 0.3) is 0 Å². The van der Waals surface area contributed by atoms with Crippen LogP contribution in [0.3, 0.4) is 0 Å². The summed E-state index contributed by atoms with van der Waals surface area (Å²) in [6, 6.07) is 4.96. The van der Waals surface area contributed by atoms with E-state index in [9.17, 15) is 4.79 Å². The Hall–Kier alpha value is -2.29. The zero-order chi connectivity index (χ0) is 15.2. The SMILES string of the molecule is Cc1ncoc1C(=O)Nc1ccc(Cl)cc1C#CCCO. The summed E-state index contributed by atoms with van der Waals surface area (Å²) in [5, 5.41) is 12.0. The minimum Gasteiger partial charge on any atom is -0.438 e. The molecule has 2 rings (SSSR count). The maximum absolute atomic E-state index is 12.1. The minimum atomic E-state index is -0.405. The van der Waals surface area contributed by atoms with Crippen LogP contribution in [0.1, 0.15) is 28.2 Å². The summed E-state index contributed by atoms with van der Waals surface area (Å²) < 4.78 is 5.04. The number of aromatic nitrogens is 1. The molecule has 108 valence electrons. The number of anilines is 1. The number of carbonyl (C=O) groups is 1. The summed E-state index contributed by atoms with van der Waals surface area (Å²) in [6.07, 6.45) is 1.56. The van der Waals surface area contributed by atoms with Crippen LogP contribution in [0.2, 0.25) is 5.02 Å². The van der Waals surface area contributed by atoms with Crippen LogP contribution in [0.5, 0.6) is 0 Å². The number of aliphatic hydroxyl groups is 1. The number of aliphatic hydroxyl groups excluding tert-OH is 1. The average Bonchev–Trinajstić information content (AvgIpc) is 2.88. The molecule has 0 aliphatic carbocycles. The summed E-state index contributed by atoms with van der Waals surface area (Å²) in [7, 11) is 0. The van der Waals surface area contributed by atoms with Crippen molar-refractivity contribution < 1.29 is 14.3 Å². The topological polar surface area (TPSA) is 75.4 Å². The Balaban J connectivity index is 2.26. The maximum atomic E-state index is 12.1. The number of oxazole rings is 1. The number of hydrogen-bond acceptors (Lipinski definition) is 4. The smallest absolute Gasteiger partial charge is 0.293 e. The molecule has 0 aliphatic rings. The van der Waals surface area contributed by atoms with Crippen LogP contribution in [0.4, 0.5) is 5.69 Å². The molecule has 0 atom stereocenters. The molecular formula is C15H13ClN2O3. The van der Waals surface area contributed by atoms with E-state index in [1.807, 2.05) is 0 Å². The molecule has 0 saturated carbocycles. The van der Waals surface area contributed by atoms with Gasteiger partial charge in [-0.2, -0.15) is 0 Å². The van der Waals surface area contributed by atoms with Gasteiger partial charge in [-0.05, 0) is 25.1 Å². The number of hydrogen-bond donors (Lipinski definition) is 2. The van der Waals surface area contributed by atoms with Crippen molar-refractivity contribution in [2.24, 2.45) is 0 Å². The molecule has 0 saturated heterocycles. The fraction of sp³-hybridized carbons (Fsp3) is 0.200. The van der Waals surface area contributed by atoms with Crippen molar-refractivity contribution in [3.8, 4) is 11.8 Å². The van der Waals surface area contributed by atoms with Crippen molar-refractivity contribution in [3.63, 3.8) is 0 Å². The highest BCUT2D eigenvalue weighted by Gasteiger charge is 2.15. The first kappa shape index (κ1) is 15.1. The molecule has 1 aromatic heterocycles. The fourth-order valence-corrected chi connectivity index (χ4v) is 1.81. The Morgan fingerprint density at radius 1 is 1.52 bits per heavy atom. The molecular weight excluding hydrogens is 292 g/mol. The number of benzene rings is 1. The highest BCUT2D eigenvalue weighted by atomic mass is 35.5. The van der Waals surface area contributed by atoms with Gasteiger partial charge >= 0.3 is 0 Å². The van der Waals surface area contributed by atoms with Crippen LogP contribution < -0.4 is 5.32 Å². The summed E-state index contributed by atoms with van der Waals surface area (Å²) in [5.41, 5.74) is 1.60. The Kier molecular flexibility index (Phi) is 4.99. The van der Waals surface area contributed by atoms with Crippen molar-refractivity contribution in [2.45, 2.75) is 13.3 Å². The lowest BCUT2D eigenvalue weighted by Crippen LogP contribution is -2.13. The van der Waals surface area contributed by atoms with Crippen LogP contribution >= 0.6 is 11.6 Å². The molecule has 6 heteroatoms. The molecule has 2 N–H and O–H groups in total. The van der Waals surface area contributed by atoms with Crippen molar-refractivity contribution in [1.29, 1.82) is 0 Å². The summed E-state index contributed by atoms with van der Waals surface area (Å²) >= 11 is 5.93. The van der Waals surface area contributed by atoms with Gasteiger partial charge in [0.25, 0.3) is 5.91 Å². The first-order chi connectivity index (χ1) is 10.1. The maximum Gasteiger partial charge on any atom is 0.293 e. The number of rotatable bonds is 3. The second-order valence-corrected chi connectivity index (χ2v) is 4.62. The standard InChI is InChI=1S/C15H13ClN2O3/c1-10-14(21-9-17-10)15(20)18-13-6-5-12(16)8-11(13)4-2-3-7-19/h5-6,8-9,19H,3,7H2,1H3,(H,18,20). The molecule has 1 amide bonds. The minimum absolute atomic E-state index is 0.0213. The summed E-state index contributed by atoms with van der Waals surface area (Å²) in [6.45, 7) is 1.66. The Morgan fingerprint density at radius 2 is 2.33 bits per heavy atom. The van der Waals surface area contributed by atoms with Gasteiger partial charge in [0.05, 0.1) is 18.0 Å². The van der Waals surface area contributed by atoms with E-state index in [1.165, 1.54) is 6.39 Å². The zero-order valence-electron chi connectivity index (χ0n) is 11.3. The van der Waals surface area contributed by atoms with Crippen LogP contribution in [-0.2, 0) is 0 Å². The third-order valence-corrected chi connectivity index (χ3v) is 2.88.